The van der Waals surface area contributed by atoms with Crippen LogP contribution in [0.4, 0.5) is 5.95 Å². The Balaban J connectivity index is 1.31. The summed E-state index contributed by atoms with van der Waals surface area (Å²) in [6, 6.07) is 5.40. The minimum atomic E-state index is 0.330. The number of nitrogens with two attached hydrogens (primary N) is 1. The molecule has 3 N–H and O–H groups in total. The highest BCUT2D eigenvalue weighted by Gasteiger charge is 2.22. The van der Waals surface area contributed by atoms with Crippen molar-refractivity contribution in [3.05, 3.63) is 36.5 Å². The average molecular weight is 447 g/mol. The third kappa shape index (κ3) is 3.85. The maximum atomic E-state index is 6.03. The molecule has 33 heavy (non-hydrogen) atoms. The number of nitrogens with zero attached hydrogens (tertiary/aromatic N) is 6. The second-order valence-electron chi connectivity index (χ2n) is 9.34. The van der Waals surface area contributed by atoms with Gasteiger partial charge in [0.05, 0.1) is 17.2 Å². The third-order valence-corrected chi connectivity index (χ3v) is 7.11. The van der Waals surface area contributed by atoms with E-state index in [-0.39, 0.29) is 0 Å². The fourth-order valence-electron chi connectivity index (χ4n) is 5.30. The molecule has 1 saturated heterocycles. The summed E-state index contributed by atoms with van der Waals surface area (Å²) in [6.45, 7) is 3.65. The van der Waals surface area contributed by atoms with Crippen molar-refractivity contribution in [3.8, 4) is 11.1 Å². The lowest BCUT2D eigenvalue weighted by Crippen LogP contribution is -2.33. The van der Waals surface area contributed by atoms with Crippen molar-refractivity contribution in [2.45, 2.75) is 63.6 Å². The van der Waals surface area contributed by atoms with Crippen molar-refractivity contribution in [3.63, 3.8) is 0 Å². The summed E-state index contributed by atoms with van der Waals surface area (Å²) < 4.78 is 9.79. The van der Waals surface area contributed by atoms with Crippen LogP contribution in [0.2, 0.25) is 0 Å². The zero-order valence-electron chi connectivity index (χ0n) is 18.9. The predicted molar refractivity (Wildman–Crippen MR) is 127 cm³/mol. The summed E-state index contributed by atoms with van der Waals surface area (Å²) in [4.78, 5) is 14.0. The average Bonchev–Trinajstić information content (AvgIpc) is 3.40. The Bertz CT molecular complexity index is 1280. The quantitative estimate of drug-likeness (QED) is 0.494. The van der Waals surface area contributed by atoms with Gasteiger partial charge in [-0.05, 0) is 57.6 Å². The van der Waals surface area contributed by atoms with Crippen LogP contribution >= 0.6 is 0 Å². The van der Waals surface area contributed by atoms with E-state index in [0.717, 1.165) is 85.4 Å². The number of hydrogen-bond donors (Lipinski definition) is 2. The maximum absolute atomic E-state index is 6.03. The number of ether oxygens (including phenoxy) is 1. The molecule has 0 unspecified atom stereocenters. The van der Waals surface area contributed by atoms with Gasteiger partial charge in [0.1, 0.15) is 5.82 Å². The summed E-state index contributed by atoms with van der Waals surface area (Å²) in [5.74, 6) is 1.66. The van der Waals surface area contributed by atoms with E-state index in [1.165, 1.54) is 0 Å². The smallest absolute Gasteiger partial charge is 0.241 e. The van der Waals surface area contributed by atoms with E-state index in [2.05, 4.69) is 38.9 Å². The molecule has 9 nitrogen and oxygen atoms in total. The molecule has 9 heteroatoms. The first-order valence-corrected chi connectivity index (χ1v) is 11.9. The van der Waals surface area contributed by atoms with Crippen molar-refractivity contribution < 1.29 is 4.74 Å². The first-order valence-electron chi connectivity index (χ1n) is 11.9. The van der Waals surface area contributed by atoms with E-state index < -0.39 is 0 Å². The zero-order chi connectivity index (χ0) is 22.4. The molecule has 5 heterocycles. The minimum absolute atomic E-state index is 0.330. The molecule has 6 rings (SSSR count). The van der Waals surface area contributed by atoms with Gasteiger partial charge in [-0.1, -0.05) is 0 Å². The Morgan fingerprint density at radius 2 is 1.85 bits per heavy atom. The molecule has 2 aliphatic rings. The lowest BCUT2D eigenvalue weighted by Gasteiger charge is -2.26. The van der Waals surface area contributed by atoms with E-state index >= 15 is 0 Å². The van der Waals surface area contributed by atoms with Crippen LogP contribution < -0.4 is 11.1 Å². The molecule has 0 amide bonds. The number of anilines is 1. The summed E-state index contributed by atoms with van der Waals surface area (Å²) in [6.07, 6.45) is 12.0. The highest BCUT2D eigenvalue weighted by Crippen LogP contribution is 2.31. The lowest BCUT2D eigenvalue weighted by atomic mass is 9.92. The van der Waals surface area contributed by atoms with Gasteiger partial charge in [-0.3, -0.25) is 0 Å². The minimum Gasteiger partial charge on any atom is -0.381 e. The molecule has 0 radical (unpaired) electrons. The Kier molecular flexibility index (Phi) is 5.22. The largest absolute Gasteiger partial charge is 0.381 e. The number of hydrogen-bond acceptors (Lipinski definition) is 7. The van der Waals surface area contributed by atoms with Gasteiger partial charge >= 0.3 is 0 Å². The van der Waals surface area contributed by atoms with Crippen molar-refractivity contribution in [1.82, 2.24) is 29.1 Å². The Hall–Kier alpha value is -3.04. The van der Waals surface area contributed by atoms with Crippen LogP contribution in [0.25, 0.3) is 27.8 Å². The molecule has 172 valence electrons. The Morgan fingerprint density at radius 3 is 2.67 bits per heavy atom. The van der Waals surface area contributed by atoms with E-state index in [1.54, 1.807) is 0 Å². The van der Waals surface area contributed by atoms with Crippen LogP contribution in [0.5, 0.6) is 0 Å². The molecule has 4 aromatic rings. The number of nitrogens with one attached hydrogen (secondary N) is 1. The zero-order valence-corrected chi connectivity index (χ0v) is 18.9. The van der Waals surface area contributed by atoms with Crippen LogP contribution in [-0.2, 0) is 4.74 Å². The molecular weight excluding hydrogens is 416 g/mol. The van der Waals surface area contributed by atoms with Crippen LogP contribution in [0.3, 0.4) is 0 Å². The van der Waals surface area contributed by atoms with Gasteiger partial charge in [0.25, 0.3) is 0 Å². The molecule has 1 aliphatic carbocycles. The number of pyridine rings is 1. The molecule has 2 fully saturated rings. The molecular formula is C24H30N8O. The Labute approximate surface area is 192 Å². The van der Waals surface area contributed by atoms with Crippen molar-refractivity contribution in [2.75, 3.05) is 18.5 Å². The monoisotopic (exact) mass is 446 g/mol. The van der Waals surface area contributed by atoms with Gasteiger partial charge in [-0.2, -0.15) is 0 Å². The van der Waals surface area contributed by atoms with E-state index in [4.69, 9.17) is 20.6 Å². The van der Waals surface area contributed by atoms with E-state index in [1.807, 2.05) is 23.1 Å². The van der Waals surface area contributed by atoms with Crippen LogP contribution in [0.15, 0.2) is 30.7 Å². The predicted octanol–water partition coefficient (Wildman–Crippen LogP) is 3.48. The Morgan fingerprint density at radius 1 is 1.03 bits per heavy atom. The van der Waals surface area contributed by atoms with Crippen molar-refractivity contribution >= 4 is 22.6 Å². The molecule has 1 saturated carbocycles. The third-order valence-electron chi connectivity index (χ3n) is 7.11. The van der Waals surface area contributed by atoms with Crippen molar-refractivity contribution in [1.29, 1.82) is 0 Å². The molecule has 4 aromatic heterocycles. The number of aromatic nitrogens is 6. The van der Waals surface area contributed by atoms with E-state index in [9.17, 15) is 0 Å². The summed E-state index contributed by atoms with van der Waals surface area (Å²) >= 11 is 0. The number of fused-ring (bicyclic) bond motifs is 2. The van der Waals surface area contributed by atoms with Crippen molar-refractivity contribution in [2.24, 2.45) is 5.73 Å². The fraction of sp³-hybridized carbons (Fsp3) is 0.500. The highest BCUT2D eigenvalue weighted by molar-refractivity contribution is 5.85. The summed E-state index contributed by atoms with van der Waals surface area (Å²) in [5, 5.41) is 8.18. The van der Waals surface area contributed by atoms with Gasteiger partial charge in [0.15, 0.2) is 5.65 Å². The number of aryl methyl sites for hydroxylation is 1. The SMILES string of the molecule is Cc1nc2ncc(-c3ccn4nc(N[C@H]5CC[C@H](N)CC5)ncc34)cc2n1C1CCOCC1. The molecule has 0 aromatic carbocycles. The van der Waals surface area contributed by atoms with Gasteiger partial charge < -0.3 is 20.4 Å². The number of rotatable bonds is 4. The van der Waals surface area contributed by atoms with E-state index in [0.29, 0.717) is 24.1 Å². The van der Waals surface area contributed by atoms with Gasteiger partial charge in [0, 0.05) is 54.9 Å². The van der Waals surface area contributed by atoms with Gasteiger partial charge in [0.2, 0.25) is 5.95 Å². The topological polar surface area (TPSA) is 108 Å². The van der Waals surface area contributed by atoms with Gasteiger partial charge in [-0.25, -0.2) is 19.5 Å². The maximum Gasteiger partial charge on any atom is 0.241 e. The first-order chi connectivity index (χ1) is 16.2. The highest BCUT2D eigenvalue weighted by atomic mass is 16.5. The molecule has 0 bridgehead atoms. The molecule has 0 spiro atoms. The first kappa shape index (κ1) is 20.6. The van der Waals surface area contributed by atoms with Crippen LogP contribution in [0, 0.1) is 6.92 Å². The lowest BCUT2D eigenvalue weighted by molar-refractivity contribution is 0.0701. The van der Waals surface area contributed by atoms with Crippen LogP contribution in [0.1, 0.15) is 50.4 Å². The second-order valence-corrected chi connectivity index (χ2v) is 9.34. The molecule has 0 atom stereocenters. The second kappa shape index (κ2) is 8.39. The van der Waals surface area contributed by atoms with Gasteiger partial charge in [-0.15, -0.1) is 5.10 Å². The fourth-order valence-corrected chi connectivity index (χ4v) is 5.30. The number of imidazole rings is 1. The van der Waals surface area contributed by atoms with Crippen LogP contribution in [-0.4, -0.2) is 54.4 Å². The normalized spacial score (nSPS) is 22.2. The molecule has 1 aliphatic heterocycles. The standard InChI is InChI=1S/C24H30N8O/c1-15-28-23-21(32(15)19-7-10-33-11-8-19)12-16(13-26-23)20-6-9-31-22(20)14-27-24(30-31)29-18-4-2-17(25)3-5-18/h6,9,12-14,17-19H,2-5,7-8,10-11,25H2,1H3,(H,29,30)/t17-,18-. The summed E-state index contributed by atoms with van der Waals surface area (Å²) in [7, 11) is 0. The summed E-state index contributed by atoms with van der Waals surface area (Å²) in [5.41, 5.74) is 11.0.